The zero-order chi connectivity index (χ0) is 11.1. The van der Waals surface area contributed by atoms with E-state index in [0.29, 0.717) is 17.3 Å². The number of benzene rings is 1. The van der Waals surface area contributed by atoms with E-state index < -0.39 is 0 Å². The number of anilines is 2. The number of aryl methyl sites for hydroxylation is 1. The van der Waals surface area contributed by atoms with Gasteiger partial charge in [-0.15, -0.1) is 22.6 Å². The molecule has 0 amide bonds. The predicted molar refractivity (Wildman–Crippen MR) is 68.4 cm³/mol. The molecule has 0 spiro atoms. The molecule has 1 aromatic heterocycles. The summed E-state index contributed by atoms with van der Waals surface area (Å²) in [5, 5.41) is 11.5. The van der Waals surface area contributed by atoms with Crippen molar-refractivity contribution in [3.63, 3.8) is 0 Å². The standard InChI is InChI=1S/C10H10N6.ClH/c1-16-14-8-9(11)12-6-4-2-3-5-7(6)13-10(8)15-16;/h2-5H,1H3,(H2,11,12)(H,13,15);1H. The molecule has 17 heavy (non-hydrogen) atoms. The van der Waals surface area contributed by atoms with Crippen molar-refractivity contribution in [1.29, 1.82) is 0 Å². The molecule has 3 rings (SSSR count). The maximum absolute atomic E-state index is 5.87. The summed E-state index contributed by atoms with van der Waals surface area (Å²) in [5.41, 5.74) is 8.12. The van der Waals surface area contributed by atoms with Gasteiger partial charge in [0.15, 0.2) is 17.3 Å². The van der Waals surface area contributed by atoms with E-state index in [9.17, 15) is 0 Å². The Morgan fingerprint density at radius 1 is 1.24 bits per heavy atom. The fourth-order valence-electron chi connectivity index (χ4n) is 1.65. The molecule has 2 heterocycles. The molecule has 0 saturated carbocycles. The second-order valence-electron chi connectivity index (χ2n) is 3.53. The van der Waals surface area contributed by atoms with Crippen molar-refractivity contribution in [3.8, 4) is 0 Å². The van der Waals surface area contributed by atoms with Gasteiger partial charge in [-0.3, -0.25) is 0 Å². The zero-order valence-corrected chi connectivity index (χ0v) is 9.90. The molecule has 0 unspecified atom stereocenters. The number of hydrogen-bond donors (Lipinski definition) is 2. The molecule has 1 aromatic carbocycles. The molecule has 3 N–H and O–H groups in total. The monoisotopic (exact) mass is 250 g/mol. The van der Waals surface area contributed by atoms with Gasteiger partial charge in [0.25, 0.3) is 0 Å². The van der Waals surface area contributed by atoms with E-state index in [4.69, 9.17) is 5.73 Å². The number of aromatic nitrogens is 3. The molecule has 0 radical (unpaired) electrons. The molecule has 6 nitrogen and oxygen atoms in total. The maximum Gasteiger partial charge on any atom is 0.184 e. The van der Waals surface area contributed by atoms with Crippen molar-refractivity contribution in [1.82, 2.24) is 15.0 Å². The Labute approximate surface area is 104 Å². The second kappa shape index (κ2) is 4.06. The molecule has 0 atom stereocenters. The Balaban J connectivity index is 0.00000108. The van der Waals surface area contributed by atoms with Crippen molar-refractivity contribution in [2.24, 2.45) is 17.8 Å². The summed E-state index contributed by atoms with van der Waals surface area (Å²) in [4.78, 5) is 5.78. The van der Waals surface area contributed by atoms with Gasteiger partial charge >= 0.3 is 0 Å². The number of para-hydroxylation sites is 2. The summed E-state index contributed by atoms with van der Waals surface area (Å²) < 4.78 is 0. The topological polar surface area (TPSA) is 81.1 Å². The molecule has 2 aromatic rings. The fraction of sp³-hybridized carbons (Fsp3) is 0.100. The van der Waals surface area contributed by atoms with Crippen molar-refractivity contribution in [2.75, 3.05) is 5.32 Å². The second-order valence-corrected chi connectivity index (χ2v) is 3.53. The molecule has 0 saturated heterocycles. The van der Waals surface area contributed by atoms with E-state index in [2.05, 4.69) is 20.5 Å². The summed E-state index contributed by atoms with van der Waals surface area (Å²) >= 11 is 0. The summed E-state index contributed by atoms with van der Waals surface area (Å²) in [6.45, 7) is 0. The molecule has 1 aliphatic heterocycles. The van der Waals surface area contributed by atoms with Crippen LogP contribution in [0.4, 0.5) is 17.2 Å². The van der Waals surface area contributed by atoms with Crippen LogP contribution in [0.3, 0.4) is 0 Å². The lowest BCUT2D eigenvalue weighted by Crippen LogP contribution is -2.14. The minimum atomic E-state index is 0. The molecular weight excluding hydrogens is 240 g/mol. The van der Waals surface area contributed by atoms with E-state index in [1.165, 1.54) is 4.80 Å². The van der Waals surface area contributed by atoms with Crippen molar-refractivity contribution in [3.05, 3.63) is 30.0 Å². The maximum atomic E-state index is 5.87. The summed E-state index contributed by atoms with van der Waals surface area (Å²) in [7, 11) is 1.75. The minimum absolute atomic E-state index is 0. The molecule has 88 valence electrons. The highest BCUT2D eigenvalue weighted by Crippen LogP contribution is 2.31. The first-order chi connectivity index (χ1) is 7.74. The Kier molecular flexibility index (Phi) is 2.72. The number of nitrogens with two attached hydrogens (primary N) is 1. The quantitative estimate of drug-likeness (QED) is 0.739. The third-order valence-electron chi connectivity index (χ3n) is 2.35. The highest BCUT2D eigenvalue weighted by molar-refractivity contribution is 6.04. The zero-order valence-electron chi connectivity index (χ0n) is 9.08. The van der Waals surface area contributed by atoms with E-state index in [1.54, 1.807) is 7.05 Å². The average Bonchev–Trinajstić information content (AvgIpc) is 2.57. The number of hydrogen-bond acceptors (Lipinski definition) is 5. The minimum Gasteiger partial charge on any atom is -0.382 e. The van der Waals surface area contributed by atoms with E-state index >= 15 is 0 Å². The average molecular weight is 251 g/mol. The van der Waals surface area contributed by atoms with Crippen LogP contribution >= 0.6 is 12.4 Å². The highest BCUT2D eigenvalue weighted by Gasteiger charge is 2.18. The molecule has 0 fully saturated rings. The van der Waals surface area contributed by atoms with E-state index in [1.807, 2.05) is 24.3 Å². The predicted octanol–water partition coefficient (Wildman–Crippen LogP) is 1.33. The first kappa shape index (κ1) is 11.4. The third kappa shape index (κ3) is 1.83. The number of fused-ring (bicyclic) bond motifs is 2. The molecule has 0 aliphatic carbocycles. The van der Waals surface area contributed by atoms with Gasteiger partial charge < -0.3 is 11.1 Å². The van der Waals surface area contributed by atoms with Gasteiger partial charge in [0, 0.05) is 7.05 Å². The van der Waals surface area contributed by atoms with Crippen LogP contribution in [0.15, 0.2) is 29.3 Å². The number of nitrogens with one attached hydrogen (secondary N) is 1. The smallest absolute Gasteiger partial charge is 0.184 e. The first-order valence-corrected chi connectivity index (χ1v) is 4.86. The van der Waals surface area contributed by atoms with Crippen LogP contribution in [0.5, 0.6) is 0 Å². The first-order valence-electron chi connectivity index (χ1n) is 4.86. The number of aliphatic imine (C=N–C) groups is 1. The van der Waals surface area contributed by atoms with Crippen LogP contribution in [-0.2, 0) is 7.05 Å². The van der Waals surface area contributed by atoms with Crippen molar-refractivity contribution < 1.29 is 0 Å². The Morgan fingerprint density at radius 3 is 2.82 bits per heavy atom. The lowest BCUT2D eigenvalue weighted by molar-refractivity contribution is 0.654. The number of nitrogens with zero attached hydrogens (tertiary/aromatic N) is 4. The van der Waals surface area contributed by atoms with Gasteiger partial charge in [-0.2, -0.15) is 4.80 Å². The van der Waals surface area contributed by atoms with Gasteiger partial charge in [0.2, 0.25) is 0 Å². The Morgan fingerprint density at radius 2 is 2.00 bits per heavy atom. The number of amidine groups is 1. The Bertz CT molecular complexity index is 588. The number of halogens is 1. The van der Waals surface area contributed by atoms with Crippen LogP contribution in [0.1, 0.15) is 5.69 Å². The van der Waals surface area contributed by atoms with Crippen molar-refractivity contribution in [2.45, 2.75) is 0 Å². The largest absolute Gasteiger partial charge is 0.382 e. The third-order valence-corrected chi connectivity index (χ3v) is 2.35. The SMILES string of the molecule is Cl.Cn1nc2c(n1)C(N)=Nc1ccccc1N2. The fourth-order valence-corrected chi connectivity index (χ4v) is 1.65. The van der Waals surface area contributed by atoms with Crippen LogP contribution in [-0.4, -0.2) is 20.8 Å². The van der Waals surface area contributed by atoms with Crippen LogP contribution in [0.25, 0.3) is 0 Å². The number of rotatable bonds is 0. The highest BCUT2D eigenvalue weighted by atomic mass is 35.5. The molecule has 1 aliphatic rings. The normalized spacial score (nSPS) is 12.4. The van der Waals surface area contributed by atoms with Crippen LogP contribution < -0.4 is 11.1 Å². The van der Waals surface area contributed by atoms with Gasteiger partial charge in [0.1, 0.15) is 0 Å². The Hall–Kier alpha value is -2.08. The lowest BCUT2D eigenvalue weighted by atomic mass is 10.3. The van der Waals surface area contributed by atoms with Gasteiger partial charge in [-0.1, -0.05) is 12.1 Å². The lowest BCUT2D eigenvalue weighted by Gasteiger charge is -2.03. The summed E-state index contributed by atoms with van der Waals surface area (Å²) in [6, 6.07) is 7.66. The van der Waals surface area contributed by atoms with Crippen molar-refractivity contribution >= 4 is 35.4 Å². The summed E-state index contributed by atoms with van der Waals surface area (Å²) in [5.74, 6) is 1.01. The van der Waals surface area contributed by atoms with E-state index in [-0.39, 0.29) is 12.4 Å². The molecular formula is C10H11ClN6. The summed E-state index contributed by atoms with van der Waals surface area (Å²) in [6.07, 6.45) is 0. The van der Waals surface area contributed by atoms with Gasteiger partial charge in [-0.05, 0) is 12.1 Å². The van der Waals surface area contributed by atoms with Gasteiger partial charge in [0.05, 0.1) is 11.4 Å². The van der Waals surface area contributed by atoms with Gasteiger partial charge in [-0.25, -0.2) is 4.99 Å². The molecule has 7 heteroatoms. The van der Waals surface area contributed by atoms with Crippen LogP contribution in [0.2, 0.25) is 0 Å². The van der Waals surface area contributed by atoms with Crippen LogP contribution in [0, 0.1) is 0 Å². The van der Waals surface area contributed by atoms with E-state index in [0.717, 1.165) is 11.4 Å². The molecule has 0 bridgehead atoms.